The lowest BCUT2D eigenvalue weighted by molar-refractivity contribution is -0.120. The summed E-state index contributed by atoms with van der Waals surface area (Å²) >= 11 is 0. The number of anilines is 1. The molecule has 0 saturated carbocycles. The lowest BCUT2D eigenvalue weighted by Crippen LogP contribution is -2.44. The summed E-state index contributed by atoms with van der Waals surface area (Å²) in [5.41, 5.74) is 7.21. The molecule has 178 valence electrons. The van der Waals surface area contributed by atoms with Crippen LogP contribution in [0.15, 0.2) is 36.4 Å². The number of carbonyl (C=O) groups excluding carboxylic acids is 2. The molecule has 0 aliphatic carbocycles. The summed E-state index contributed by atoms with van der Waals surface area (Å²) < 4.78 is 21.9. The molecule has 3 rings (SSSR count). The fraction of sp³-hybridized carbons (Fsp3) is 0.417. The topological polar surface area (TPSA) is 112 Å². The number of hydrogen-bond donors (Lipinski definition) is 2. The van der Waals surface area contributed by atoms with Crippen LogP contribution in [0.25, 0.3) is 0 Å². The van der Waals surface area contributed by atoms with Gasteiger partial charge in [0.2, 0.25) is 5.75 Å². The number of methoxy groups -OCH3 is 2. The van der Waals surface area contributed by atoms with Crippen molar-refractivity contribution in [3.63, 3.8) is 0 Å². The summed E-state index contributed by atoms with van der Waals surface area (Å²) in [4.78, 5) is 26.5. The fourth-order valence-electron chi connectivity index (χ4n) is 3.93. The quantitative estimate of drug-likeness (QED) is 0.595. The van der Waals surface area contributed by atoms with Gasteiger partial charge in [0.25, 0.3) is 11.8 Å². The molecule has 0 spiro atoms. The van der Waals surface area contributed by atoms with Crippen molar-refractivity contribution in [3.05, 3.63) is 47.5 Å². The first kappa shape index (κ1) is 24.3. The van der Waals surface area contributed by atoms with E-state index >= 15 is 0 Å². The number of rotatable bonds is 9. The number of amides is 2. The van der Waals surface area contributed by atoms with Gasteiger partial charge in [-0.25, -0.2) is 0 Å². The second-order valence-electron chi connectivity index (χ2n) is 8.03. The first-order valence-corrected chi connectivity index (χ1v) is 10.7. The molecule has 1 heterocycles. The van der Waals surface area contributed by atoms with Crippen molar-refractivity contribution in [1.82, 2.24) is 4.90 Å². The molecule has 1 aliphatic rings. The molecule has 2 aromatic carbocycles. The summed E-state index contributed by atoms with van der Waals surface area (Å²) in [5, 5.41) is 2.99. The van der Waals surface area contributed by atoms with Crippen LogP contribution in [0, 0.1) is 0 Å². The van der Waals surface area contributed by atoms with E-state index in [-0.39, 0.29) is 42.0 Å². The average molecular weight is 458 g/mol. The monoisotopic (exact) mass is 457 g/mol. The molecule has 33 heavy (non-hydrogen) atoms. The molecule has 9 nitrogen and oxygen atoms in total. The van der Waals surface area contributed by atoms with E-state index in [2.05, 4.69) is 24.1 Å². The minimum atomic E-state index is -0.637. The molecule has 1 aliphatic heterocycles. The van der Waals surface area contributed by atoms with Gasteiger partial charge in [0.05, 0.1) is 26.4 Å². The minimum absolute atomic E-state index is 0.158. The predicted octanol–water partition coefficient (Wildman–Crippen LogP) is 2.43. The van der Waals surface area contributed by atoms with Crippen molar-refractivity contribution in [3.8, 4) is 17.2 Å². The molecule has 3 N–H and O–H groups in total. The van der Waals surface area contributed by atoms with E-state index in [0.717, 1.165) is 24.3 Å². The number of morpholine rings is 1. The van der Waals surface area contributed by atoms with Crippen molar-refractivity contribution < 1.29 is 28.5 Å². The standard InChI is InChI=1S/C24H31N3O6/c1-15-11-27(12-16(2)33-15)13-17-7-5-6-8-19(17)26-24(29)18-9-20(30-3)23(21(10-18)31-4)32-14-22(25)28/h5-10,15-16H,11-14H2,1-4H3,(H2,25,28)(H,26,29). The highest BCUT2D eigenvalue weighted by Gasteiger charge is 2.23. The summed E-state index contributed by atoms with van der Waals surface area (Å²) in [6.07, 6.45) is 0.316. The Morgan fingerprint density at radius 2 is 1.70 bits per heavy atom. The van der Waals surface area contributed by atoms with Gasteiger partial charge in [-0.1, -0.05) is 18.2 Å². The van der Waals surface area contributed by atoms with E-state index in [1.165, 1.54) is 26.4 Å². The number of carbonyl (C=O) groups is 2. The first-order valence-electron chi connectivity index (χ1n) is 10.7. The van der Waals surface area contributed by atoms with Gasteiger partial charge in [-0.05, 0) is 37.6 Å². The van der Waals surface area contributed by atoms with Crippen LogP contribution in [0.5, 0.6) is 17.2 Å². The zero-order chi connectivity index (χ0) is 24.0. The lowest BCUT2D eigenvalue weighted by Gasteiger charge is -2.35. The molecule has 2 aromatic rings. The van der Waals surface area contributed by atoms with Crippen LogP contribution in [0.3, 0.4) is 0 Å². The maximum absolute atomic E-state index is 13.1. The Morgan fingerprint density at radius 1 is 1.09 bits per heavy atom. The molecule has 2 unspecified atom stereocenters. The van der Waals surface area contributed by atoms with Crippen molar-refractivity contribution in [1.29, 1.82) is 0 Å². The SMILES string of the molecule is COc1cc(C(=O)Nc2ccccc2CN2CC(C)OC(C)C2)cc(OC)c1OCC(N)=O. The summed E-state index contributed by atoms with van der Waals surface area (Å²) in [6.45, 7) is 6.13. The number of para-hydroxylation sites is 1. The van der Waals surface area contributed by atoms with E-state index in [1.54, 1.807) is 0 Å². The van der Waals surface area contributed by atoms with E-state index < -0.39 is 5.91 Å². The number of nitrogens with zero attached hydrogens (tertiary/aromatic N) is 1. The van der Waals surface area contributed by atoms with Gasteiger partial charge in [-0.3, -0.25) is 14.5 Å². The number of nitrogens with two attached hydrogens (primary N) is 1. The number of primary amides is 1. The van der Waals surface area contributed by atoms with E-state index in [1.807, 2.05) is 24.3 Å². The number of nitrogens with one attached hydrogen (secondary N) is 1. The molecule has 0 radical (unpaired) electrons. The van der Waals surface area contributed by atoms with Gasteiger partial charge in [0.15, 0.2) is 18.1 Å². The maximum atomic E-state index is 13.1. The molecular weight excluding hydrogens is 426 g/mol. The minimum Gasteiger partial charge on any atom is -0.493 e. The number of hydrogen-bond acceptors (Lipinski definition) is 7. The Hall–Kier alpha value is -3.30. The molecule has 1 saturated heterocycles. The highest BCUT2D eigenvalue weighted by atomic mass is 16.5. The second kappa shape index (κ2) is 11.0. The molecular formula is C24H31N3O6. The third-order valence-corrected chi connectivity index (χ3v) is 5.24. The van der Waals surface area contributed by atoms with Crippen LogP contribution < -0.4 is 25.3 Å². The molecule has 1 fully saturated rings. The number of ether oxygens (including phenoxy) is 4. The predicted molar refractivity (Wildman–Crippen MR) is 124 cm³/mol. The summed E-state index contributed by atoms with van der Waals surface area (Å²) in [5.74, 6) is -0.257. The van der Waals surface area contributed by atoms with Crippen LogP contribution in [0.1, 0.15) is 29.8 Å². The average Bonchev–Trinajstić information content (AvgIpc) is 2.77. The second-order valence-corrected chi connectivity index (χ2v) is 8.03. The first-order chi connectivity index (χ1) is 15.8. The highest BCUT2D eigenvalue weighted by Crippen LogP contribution is 2.38. The van der Waals surface area contributed by atoms with Gasteiger partial charge in [-0.15, -0.1) is 0 Å². The van der Waals surface area contributed by atoms with Crippen molar-refractivity contribution in [2.45, 2.75) is 32.6 Å². The zero-order valence-electron chi connectivity index (χ0n) is 19.4. The van der Waals surface area contributed by atoms with Crippen molar-refractivity contribution in [2.75, 3.05) is 39.2 Å². The lowest BCUT2D eigenvalue weighted by atomic mass is 10.1. The number of benzene rings is 2. The van der Waals surface area contributed by atoms with Gasteiger partial charge in [0, 0.05) is 30.9 Å². The zero-order valence-corrected chi connectivity index (χ0v) is 19.4. The molecule has 0 bridgehead atoms. The van der Waals surface area contributed by atoms with Crippen LogP contribution in [0.4, 0.5) is 5.69 Å². The van der Waals surface area contributed by atoms with Gasteiger partial charge in [-0.2, -0.15) is 0 Å². The van der Waals surface area contributed by atoms with Gasteiger partial charge < -0.3 is 30.0 Å². The van der Waals surface area contributed by atoms with E-state index in [4.69, 9.17) is 24.7 Å². The smallest absolute Gasteiger partial charge is 0.255 e. The normalized spacial score (nSPS) is 18.4. The van der Waals surface area contributed by atoms with Crippen molar-refractivity contribution >= 4 is 17.5 Å². The van der Waals surface area contributed by atoms with Gasteiger partial charge >= 0.3 is 0 Å². The third-order valence-electron chi connectivity index (χ3n) is 5.24. The van der Waals surface area contributed by atoms with Gasteiger partial charge in [0.1, 0.15) is 0 Å². The fourth-order valence-corrected chi connectivity index (χ4v) is 3.93. The molecule has 2 atom stereocenters. The Morgan fingerprint density at radius 3 is 2.27 bits per heavy atom. The Labute approximate surface area is 193 Å². The van der Waals surface area contributed by atoms with E-state index in [9.17, 15) is 9.59 Å². The molecule has 2 amide bonds. The van der Waals surface area contributed by atoms with Crippen LogP contribution in [-0.4, -0.2) is 62.8 Å². The largest absolute Gasteiger partial charge is 0.493 e. The Kier molecular flexibility index (Phi) is 8.13. The Bertz CT molecular complexity index is 961. The highest BCUT2D eigenvalue weighted by molar-refractivity contribution is 6.05. The third kappa shape index (κ3) is 6.36. The maximum Gasteiger partial charge on any atom is 0.255 e. The van der Waals surface area contributed by atoms with Crippen LogP contribution >= 0.6 is 0 Å². The van der Waals surface area contributed by atoms with E-state index in [0.29, 0.717) is 12.1 Å². The van der Waals surface area contributed by atoms with Crippen LogP contribution in [-0.2, 0) is 16.1 Å². The van der Waals surface area contributed by atoms with Crippen LogP contribution in [0.2, 0.25) is 0 Å². The molecule has 0 aromatic heterocycles. The molecule has 9 heteroatoms. The van der Waals surface area contributed by atoms with Crippen molar-refractivity contribution in [2.24, 2.45) is 5.73 Å². The Balaban J connectivity index is 1.81. The summed E-state index contributed by atoms with van der Waals surface area (Å²) in [7, 11) is 2.88. The summed E-state index contributed by atoms with van der Waals surface area (Å²) in [6, 6.07) is 10.8.